The van der Waals surface area contributed by atoms with E-state index in [1.807, 2.05) is 0 Å². The number of hydrogen-bond donors (Lipinski definition) is 2. The van der Waals surface area contributed by atoms with Crippen molar-refractivity contribution >= 4 is 46.3 Å². The number of benzene rings is 5. The van der Waals surface area contributed by atoms with Crippen LogP contribution in [0.3, 0.4) is 0 Å². The molecule has 0 spiro atoms. The molecular weight excluding hydrogens is 755 g/mol. The number of ketones is 2. The standard InChI is InChI=1S/C45H33N5O9/c51-36(29-16-6-1-7-17-29)44(56)34(26-58-42(55)33-24-14-5-15-25-33)59-43(45(44,57)37(52)30-18-8-2-9-19-30)49-28-48-35-38(49)46-27-47-39(35)50(40(53)31-20-10-3-11-21-31)41(54)32-22-12-4-13-23-32/h1-25,27-28,34,43,56-57H,26H2/t34-,43-,44+,45+/m1/s1. The Labute approximate surface area is 336 Å². The van der Waals surface area contributed by atoms with E-state index in [1.165, 1.54) is 84.9 Å². The van der Waals surface area contributed by atoms with Crippen LogP contribution in [0.1, 0.15) is 58.0 Å². The number of carbonyl (C=O) groups excluding carboxylic acids is 5. The first-order valence-corrected chi connectivity index (χ1v) is 18.3. The number of ether oxygens (including phenoxy) is 2. The van der Waals surface area contributed by atoms with E-state index in [9.17, 15) is 34.2 Å². The lowest BCUT2D eigenvalue weighted by Crippen LogP contribution is -2.67. The highest BCUT2D eigenvalue weighted by molar-refractivity contribution is 6.27. The second kappa shape index (κ2) is 15.8. The number of imidazole rings is 1. The number of hydrogen-bond acceptors (Lipinski definition) is 12. The molecule has 1 fully saturated rings. The van der Waals surface area contributed by atoms with Gasteiger partial charge in [-0.25, -0.2) is 24.6 Å². The zero-order valence-corrected chi connectivity index (χ0v) is 30.9. The Morgan fingerprint density at radius 2 is 1.03 bits per heavy atom. The lowest BCUT2D eigenvalue weighted by Gasteiger charge is -2.38. The van der Waals surface area contributed by atoms with Gasteiger partial charge in [-0.1, -0.05) is 115 Å². The van der Waals surface area contributed by atoms with E-state index in [4.69, 9.17) is 9.47 Å². The molecule has 14 heteroatoms. The van der Waals surface area contributed by atoms with E-state index < -0.39 is 59.5 Å². The van der Waals surface area contributed by atoms with Crippen molar-refractivity contribution in [2.75, 3.05) is 11.5 Å². The first-order chi connectivity index (χ1) is 28.6. The molecule has 0 aliphatic carbocycles. The fourth-order valence-electron chi connectivity index (χ4n) is 7.12. The Hall–Kier alpha value is -7.52. The Kier molecular flexibility index (Phi) is 10.3. The molecule has 0 saturated carbocycles. The van der Waals surface area contributed by atoms with Gasteiger partial charge in [0, 0.05) is 22.3 Å². The van der Waals surface area contributed by atoms with Gasteiger partial charge < -0.3 is 19.7 Å². The molecule has 0 bridgehead atoms. The van der Waals surface area contributed by atoms with Crippen molar-refractivity contribution in [1.29, 1.82) is 0 Å². The molecule has 14 nitrogen and oxygen atoms in total. The number of amides is 2. The molecule has 8 rings (SSSR count). The molecule has 3 heterocycles. The number of anilines is 1. The largest absolute Gasteiger partial charge is 0.459 e. The van der Waals surface area contributed by atoms with Gasteiger partial charge in [-0.3, -0.25) is 23.7 Å². The quantitative estimate of drug-likeness (QED) is 0.0980. The maximum atomic E-state index is 14.8. The summed E-state index contributed by atoms with van der Waals surface area (Å²) in [5.41, 5.74) is -6.34. The van der Waals surface area contributed by atoms with Crippen LogP contribution in [0.25, 0.3) is 11.2 Å². The van der Waals surface area contributed by atoms with Crippen LogP contribution in [0, 0.1) is 0 Å². The number of fused-ring (bicyclic) bond motifs is 1. The first kappa shape index (κ1) is 38.4. The second-order valence-corrected chi connectivity index (χ2v) is 13.6. The number of esters is 1. The van der Waals surface area contributed by atoms with Crippen LogP contribution in [0.2, 0.25) is 0 Å². The molecule has 4 atom stereocenters. The van der Waals surface area contributed by atoms with Crippen molar-refractivity contribution in [3.05, 3.63) is 192 Å². The van der Waals surface area contributed by atoms with Crippen LogP contribution >= 0.6 is 0 Å². The Morgan fingerprint density at radius 3 is 1.53 bits per heavy atom. The second-order valence-electron chi connectivity index (χ2n) is 13.6. The summed E-state index contributed by atoms with van der Waals surface area (Å²) in [4.78, 5) is 85.0. The van der Waals surface area contributed by atoms with Gasteiger partial charge in [-0.2, -0.15) is 0 Å². The molecule has 1 saturated heterocycles. The van der Waals surface area contributed by atoms with Gasteiger partial charge in [0.05, 0.1) is 11.9 Å². The van der Waals surface area contributed by atoms with Crippen molar-refractivity contribution in [2.24, 2.45) is 0 Å². The van der Waals surface area contributed by atoms with Crippen molar-refractivity contribution in [2.45, 2.75) is 23.5 Å². The number of nitrogens with zero attached hydrogens (tertiary/aromatic N) is 5. The SMILES string of the molecule is O=C(OC[C@H]1O[C@@H](n2cnc3c(N(C(=O)c4ccccc4)C(=O)c4ccccc4)ncnc32)[C@@](O)(C(=O)c2ccccc2)[C@@]1(O)C(=O)c1ccccc1)c1ccccc1. The number of aliphatic hydroxyl groups is 2. The lowest BCUT2D eigenvalue weighted by atomic mass is 9.71. The Bertz CT molecular complexity index is 2630. The highest BCUT2D eigenvalue weighted by Gasteiger charge is 2.74. The molecule has 292 valence electrons. The number of carbonyl (C=O) groups is 5. The normalized spacial score (nSPS) is 19.8. The molecule has 5 aromatic carbocycles. The fourth-order valence-corrected chi connectivity index (χ4v) is 7.12. The lowest BCUT2D eigenvalue weighted by molar-refractivity contribution is -0.105. The van der Waals surface area contributed by atoms with E-state index in [0.29, 0.717) is 0 Å². The van der Waals surface area contributed by atoms with E-state index in [2.05, 4.69) is 15.0 Å². The van der Waals surface area contributed by atoms with Crippen molar-refractivity contribution in [3.8, 4) is 0 Å². The third kappa shape index (κ3) is 6.66. The molecule has 7 aromatic rings. The molecule has 2 aromatic heterocycles. The van der Waals surface area contributed by atoms with Crippen molar-refractivity contribution in [3.63, 3.8) is 0 Å². The fraction of sp³-hybridized carbons (Fsp3) is 0.111. The van der Waals surface area contributed by atoms with Crippen LogP contribution in [-0.4, -0.2) is 83.0 Å². The summed E-state index contributed by atoms with van der Waals surface area (Å²) in [6, 6.07) is 39.0. The first-order valence-electron chi connectivity index (χ1n) is 18.3. The average Bonchev–Trinajstić information content (AvgIpc) is 3.83. The Balaban J connectivity index is 1.30. The summed E-state index contributed by atoms with van der Waals surface area (Å²) in [5.74, 6) is -4.81. The maximum Gasteiger partial charge on any atom is 0.338 e. The van der Waals surface area contributed by atoms with E-state index in [0.717, 1.165) is 22.1 Å². The molecule has 59 heavy (non-hydrogen) atoms. The van der Waals surface area contributed by atoms with E-state index in [1.54, 1.807) is 66.7 Å². The minimum absolute atomic E-state index is 0.0903. The summed E-state index contributed by atoms with van der Waals surface area (Å²) in [7, 11) is 0. The predicted molar refractivity (Wildman–Crippen MR) is 211 cm³/mol. The van der Waals surface area contributed by atoms with Crippen LogP contribution in [0.5, 0.6) is 0 Å². The zero-order chi connectivity index (χ0) is 41.1. The number of imide groups is 1. The molecule has 2 N–H and O–H groups in total. The molecule has 1 aliphatic heterocycles. The van der Waals surface area contributed by atoms with Gasteiger partial charge >= 0.3 is 5.97 Å². The third-order valence-electron chi connectivity index (χ3n) is 10.1. The van der Waals surface area contributed by atoms with Gasteiger partial charge in [0.2, 0.25) is 17.2 Å². The van der Waals surface area contributed by atoms with Gasteiger partial charge in [0.15, 0.2) is 28.8 Å². The monoisotopic (exact) mass is 787 g/mol. The summed E-state index contributed by atoms with van der Waals surface area (Å²) < 4.78 is 13.0. The van der Waals surface area contributed by atoms with Crippen LogP contribution in [0.15, 0.2) is 164 Å². The van der Waals surface area contributed by atoms with Gasteiger partial charge in [0.25, 0.3) is 11.8 Å². The zero-order valence-electron chi connectivity index (χ0n) is 30.9. The van der Waals surface area contributed by atoms with Crippen LogP contribution in [-0.2, 0) is 9.47 Å². The van der Waals surface area contributed by atoms with E-state index >= 15 is 0 Å². The average molecular weight is 788 g/mol. The highest BCUT2D eigenvalue weighted by atomic mass is 16.6. The van der Waals surface area contributed by atoms with Gasteiger partial charge in [-0.05, 0) is 36.4 Å². The van der Waals surface area contributed by atoms with Crippen LogP contribution in [0.4, 0.5) is 5.82 Å². The van der Waals surface area contributed by atoms with E-state index in [-0.39, 0.29) is 44.8 Å². The summed E-state index contributed by atoms with van der Waals surface area (Å²) in [6.45, 7) is -0.804. The van der Waals surface area contributed by atoms with Crippen molar-refractivity contribution < 1.29 is 43.7 Å². The van der Waals surface area contributed by atoms with Gasteiger partial charge in [0.1, 0.15) is 19.0 Å². The van der Waals surface area contributed by atoms with Crippen molar-refractivity contribution in [1.82, 2.24) is 19.5 Å². The molecule has 0 radical (unpaired) electrons. The molecular formula is C45H33N5O9. The minimum atomic E-state index is -3.18. The van der Waals surface area contributed by atoms with Crippen LogP contribution < -0.4 is 4.90 Å². The predicted octanol–water partition coefficient (Wildman–Crippen LogP) is 5.30. The summed E-state index contributed by atoms with van der Waals surface area (Å²) >= 11 is 0. The topological polar surface area (TPSA) is 191 Å². The molecule has 1 aliphatic rings. The maximum absolute atomic E-state index is 14.8. The Morgan fingerprint density at radius 1 is 0.593 bits per heavy atom. The number of rotatable bonds is 11. The molecule has 0 unspecified atom stereocenters. The van der Waals surface area contributed by atoms with Gasteiger partial charge in [-0.15, -0.1) is 0 Å². The summed E-state index contributed by atoms with van der Waals surface area (Å²) in [6.07, 6.45) is -1.71. The molecule has 2 amide bonds. The summed E-state index contributed by atoms with van der Waals surface area (Å²) in [5, 5.41) is 26.0. The minimum Gasteiger partial charge on any atom is -0.459 e. The smallest absolute Gasteiger partial charge is 0.338 e. The number of aromatic nitrogens is 4. The number of Topliss-reactive ketones (excluding diaryl/α,β-unsaturated/α-hetero) is 2. The third-order valence-corrected chi connectivity index (χ3v) is 10.1. The highest BCUT2D eigenvalue weighted by Crippen LogP contribution is 2.50.